The highest BCUT2D eigenvalue weighted by molar-refractivity contribution is 5.54. The van der Waals surface area contributed by atoms with Crippen molar-refractivity contribution >= 4 is 23.1 Å². The maximum atomic E-state index is 13.0. The zero-order valence-electron chi connectivity index (χ0n) is 13.5. The summed E-state index contributed by atoms with van der Waals surface area (Å²) in [7, 11) is 0. The number of hydrogen-bond acceptors (Lipinski definition) is 5. The average Bonchev–Trinajstić information content (AvgIpc) is 2.61. The second kappa shape index (κ2) is 7.59. The molecule has 0 fully saturated rings. The summed E-state index contributed by atoms with van der Waals surface area (Å²) < 4.78 is 13.0. The van der Waals surface area contributed by atoms with Crippen LogP contribution < -0.4 is 16.4 Å². The van der Waals surface area contributed by atoms with E-state index >= 15 is 0 Å². The third-order valence-electron chi connectivity index (χ3n) is 3.65. The van der Waals surface area contributed by atoms with Gasteiger partial charge in [0.1, 0.15) is 22.9 Å². The van der Waals surface area contributed by atoms with Gasteiger partial charge in [0.15, 0.2) is 0 Å². The van der Waals surface area contributed by atoms with E-state index in [1.54, 1.807) is 35.8 Å². The Morgan fingerprint density at radius 1 is 1.08 bits per heavy atom. The van der Waals surface area contributed by atoms with Crippen molar-refractivity contribution in [2.75, 3.05) is 17.6 Å². The van der Waals surface area contributed by atoms with Crippen molar-refractivity contribution < 1.29 is 14.8 Å². The molecule has 0 saturated carbocycles. The molecule has 0 bridgehead atoms. The highest BCUT2D eigenvalue weighted by Crippen LogP contribution is 2.14. The average molecular weight is 340 g/mol. The molecular formula is C18H19FN5O+. The summed E-state index contributed by atoms with van der Waals surface area (Å²) in [4.78, 5) is 8.57. The fourth-order valence-electron chi connectivity index (χ4n) is 2.30. The normalized spacial score (nSPS) is 10.6. The van der Waals surface area contributed by atoms with Gasteiger partial charge >= 0.3 is 0 Å². The molecule has 0 amide bonds. The van der Waals surface area contributed by atoms with Gasteiger partial charge in [-0.25, -0.2) is 9.37 Å². The number of nitrogens with zero attached hydrogens (tertiary/aromatic N) is 2. The van der Waals surface area contributed by atoms with E-state index in [1.165, 1.54) is 12.1 Å². The third kappa shape index (κ3) is 4.65. The molecule has 6 N–H and O–H groups in total. The maximum Gasteiger partial charge on any atom is 0.257 e. The van der Waals surface area contributed by atoms with Gasteiger partial charge in [0.2, 0.25) is 5.95 Å². The van der Waals surface area contributed by atoms with Crippen LogP contribution in [0.1, 0.15) is 5.56 Å². The molecule has 6 nitrogen and oxygen atoms in total. The van der Waals surface area contributed by atoms with Crippen LogP contribution in [0, 0.1) is 5.82 Å². The number of aromatic nitrogens is 2. The van der Waals surface area contributed by atoms with Crippen LogP contribution in [0.15, 0.2) is 54.7 Å². The van der Waals surface area contributed by atoms with Gasteiger partial charge in [0, 0.05) is 18.7 Å². The standard InChI is InChI=1S/C18H18FN5O/c19-13-3-5-14(6-4-13)23-17-16(20)11-22-18(24-17)21-10-9-12-1-7-15(25)8-2-12/h1-8,11,25H,9-10,20H2,(H2,21,22,23,24)/p+1. The minimum Gasteiger partial charge on any atom is -0.508 e. The number of benzene rings is 2. The number of nitrogens with one attached hydrogen (secondary N) is 1. The first-order valence-corrected chi connectivity index (χ1v) is 7.85. The molecule has 0 atom stereocenters. The molecule has 0 aliphatic heterocycles. The number of nitrogen functional groups attached to an aromatic ring is 1. The fourth-order valence-corrected chi connectivity index (χ4v) is 2.30. The van der Waals surface area contributed by atoms with Crippen molar-refractivity contribution in [1.82, 2.24) is 9.97 Å². The predicted molar refractivity (Wildman–Crippen MR) is 94.4 cm³/mol. The summed E-state index contributed by atoms with van der Waals surface area (Å²) in [6.07, 6.45) is 2.32. The van der Waals surface area contributed by atoms with E-state index in [9.17, 15) is 9.50 Å². The molecule has 128 valence electrons. The molecule has 7 heteroatoms. The molecule has 0 radical (unpaired) electrons. The van der Waals surface area contributed by atoms with Gasteiger partial charge in [-0.05, 0) is 36.2 Å². The Balaban J connectivity index is 1.62. The van der Waals surface area contributed by atoms with Crippen LogP contribution in [0.2, 0.25) is 0 Å². The van der Waals surface area contributed by atoms with E-state index in [-0.39, 0.29) is 11.6 Å². The lowest BCUT2D eigenvalue weighted by atomic mass is 10.1. The first-order chi connectivity index (χ1) is 12.1. The summed E-state index contributed by atoms with van der Waals surface area (Å²) in [6, 6.07) is 13.2. The molecular weight excluding hydrogens is 321 g/mol. The Bertz CT molecular complexity index is 837. The summed E-state index contributed by atoms with van der Waals surface area (Å²) in [6.45, 7) is 0.644. The monoisotopic (exact) mass is 340 g/mol. The number of hydrogen-bond donors (Lipinski definition) is 4. The predicted octanol–water partition coefficient (Wildman–Crippen LogP) is 2.08. The van der Waals surface area contributed by atoms with E-state index in [0.717, 1.165) is 17.7 Å². The minimum absolute atomic E-state index is 0.250. The van der Waals surface area contributed by atoms with Crippen LogP contribution in [0.3, 0.4) is 0 Å². The Labute approximate surface area is 144 Å². The Hall–Kier alpha value is -3.19. The van der Waals surface area contributed by atoms with E-state index in [4.69, 9.17) is 5.73 Å². The zero-order chi connectivity index (χ0) is 17.6. The fraction of sp³-hybridized carbons (Fsp3) is 0.111. The molecule has 3 rings (SSSR count). The Morgan fingerprint density at radius 3 is 2.52 bits per heavy atom. The number of phenols is 1. The van der Waals surface area contributed by atoms with Gasteiger partial charge in [-0.15, -0.1) is 0 Å². The number of aromatic hydroxyl groups is 1. The number of phenolic OH excluding ortho intramolecular Hbond substituents is 1. The van der Waals surface area contributed by atoms with Crippen LogP contribution in [0.5, 0.6) is 5.75 Å². The lowest BCUT2D eigenvalue weighted by molar-refractivity contribution is -0.482. The Morgan fingerprint density at radius 2 is 1.80 bits per heavy atom. The Kier molecular flexibility index (Phi) is 5.06. The van der Waals surface area contributed by atoms with Crippen molar-refractivity contribution in [3.63, 3.8) is 0 Å². The zero-order valence-corrected chi connectivity index (χ0v) is 13.5. The second-order valence-corrected chi connectivity index (χ2v) is 5.57. The minimum atomic E-state index is -0.288. The van der Waals surface area contributed by atoms with Crippen molar-refractivity contribution in [2.45, 2.75) is 6.42 Å². The quantitative estimate of drug-likeness (QED) is 0.515. The molecule has 1 heterocycles. The molecule has 2 aromatic carbocycles. The van der Waals surface area contributed by atoms with Crippen LogP contribution >= 0.6 is 0 Å². The van der Waals surface area contributed by atoms with Gasteiger partial charge in [0.25, 0.3) is 5.82 Å². The maximum absolute atomic E-state index is 13.0. The van der Waals surface area contributed by atoms with Gasteiger partial charge in [-0.3, -0.25) is 5.32 Å². The van der Waals surface area contributed by atoms with Crippen LogP contribution in [-0.4, -0.2) is 21.6 Å². The van der Waals surface area contributed by atoms with Crippen LogP contribution in [0.25, 0.3) is 0 Å². The summed E-state index contributed by atoms with van der Waals surface area (Å²) in [5.74, 6) is 1.01. The third-order valence-corrected chi connectivity index (χ3v) is 3.65. The molecule has 0 unspecified atom stereocenters. The van der Waals surface area contributed by atoms with Gasteiger partial charge in [-0.1, -0.05) is 12.1 Å². The van der Waals surface area contributed by atoms with Crippen LogP contribution in [-0.2, 0) is 6.42 Å². The SMILES string of the molecule is Nc1cnc(NCCc2ccc(O)cc2)nc1[NH2+]c1ccc(F)cc1. The van der Waals surface area contributed by atoms with Gasteiger partial charge in [0.05, 0.1) is 6.20 Å². The lowest BCUT2D eigenvalue weighted by Crippen LogP contribution is -2.71. The van der Waals surface area contributed by atoms with Crippen molar-refractivity contribution in [3.8, 4) is 5.75 Å². The molecule has 0 aliphatic carbocycles. The number of quaternary nitrogens is 1. The number of anilines is 2. The molecule has 0 spiro atoms. The second-order valence-electron chi connectivity index (χ2n) is 5.57. The summed E-state index contributed by atoms with van der Waals surface area (Å²) in [5, 5.41) is 14.2. The number of halogens is 1. The molecule has 25 heavy (non-hydrogen) atoms. The summed E-state index contributed by atoms with van der Waals surface area (Å²) >= 11 is 0. The van der Waals surface area contributed by atoms with E-state index in [1.807, 2.05) is 12.1 Å². The first-order valence-electron chi connectivity index (χ1n) is 7.85. The largest absolute Gasteiger partial charge is 0.508 e. The molecule has 3 aromatic rings. The number of rotatable bonds is 6. The highest BCUT2D eigenvalue weighted by Gasteiger charge is 2.10. The topological polar surface area (TPSA) is 101 Å². The van der Waals surface area contributed by atoms with E-state index in [2.05, 4.69) is 15.3 Å². The molecule has 1 aromatic heterocycles. The number of nitrogens with two attached hydrogens (primary N) is 2. The van der Waals surface area contributed by atoms with Gasteiger partial charge in [-0.2, -0.15) is 4.98 Å². The smallest absolute Gasteiger partial charge is 0.257 e. The van der Waals surface area contributed by atoms with Crippen LogP contribution in [0.4, 0.5) is 27.5 Å². The van der Waals surface area contributed by atoms with Crippen molar-refractivity contribution in [3.05, 3.63) is 66.1 Å². The first kappa shape index (κ1) is 16.7. The van der Waals surface area contributed by atoms with E-state index < -0.39 is 0 Å². The molecule has 0 saturated heterocycles. The highest BCUT2D eigenvalue weighted by atomic mass is 19.1. The van der Waals surface area contributed by atoms with Crippen molar-refractivity contribution in [1.29, 1.82) is 0 Å². The lowest BCUT2D eigenvalue weighted by Gasteiger charge is -2.07. The van der Waals surface area contributed by atoms with E-state index in [0.29, 0.717) is 24.0 Å². The van der Waals surface area contributed by atoms with Crippen molar-refractivity contribution in [2.24, 2.45) is 0 Å². The van der Waals surface area contributed by atoms with Gasteiger partial charge < -0.3 is 16.2 Å². The summed E-state index contributed by atoms with van der Waals surface area (Å²) in [5.41, 5.74) is 8.27. The molecule has 0 aliphatic rings.